The third-order valence-corrected chi connectivity index (χ3v) is 3.46. The van der Waals surface area contributed by atoms with Crippen molar-refractivity contribution in [1.29, 1.82) is 0 Å². The van der Waals surface area contributed by atoms with Crippen LogP contribution in [0.4, 0.5) is 0 Å². The molecule has 0 fully saturated rings. The summed E-state index contributed by atoms with van der Waals surface area (Å²) in [6.45, 7) is 7.87. The summed E-state index contributed by atoms with van der Waals surface area (Å²) in [5, 5.41) is 27.9. The molecular weight excluding hydrogens is 318 g/mol. The van der Waals surface area contributed by atoms with Gasteiger partial charge in [-0.05, 0) is 23.1 Å². The van der Waals surface area contributed by atoms with E-state index in [1.54, 1.807) is 4.90 Å². The molecule has 1 aromatic rings. The Morgan fingerprint density at radius 1 is 1.04 bits per heavy atom. The maximum atomic E-state index is 9.99. The van der Waals surface area contributed by atoms with Crippen molar-refractivity contribution in [3.8, 4) is 5.75 Å². The van der Waals surface area contributed by atoms with Crippen molar-refractivity contribution >= 4 is 0 Å². The standard InChI is InChI=1S/C17H29NO4.ClH/c1-17(2,3)14-4-6-16(7-5-14)22-13-15(21)12-18(8-10-19)9-11-20;/h4-7,15,19-21H,8-13H2,1-3H3;1H/p-1. The van der Waals surface area contributed by atoms with Gasteiger partial charge in [-0.25, -0.2) is 0 Å². The number of ether oxygens (including phenoxy) is 1. The monoisotopic (exact) mass is 346 g/mol. The van der Waals surface area contributed by atoms with Gasteiger partial charge in [0, 0.05) is 19.6 Å². The zero-order chi connectivity index (χ0) is 16.6. The van der Waals surface area contributed by atoms with Crippen LogP contribution in [0.5, 0.6) is 5.75 Å². The van der Waals surface area contributed by atoms with E-state index in [-0.39, 0.29) is 37.6 Å². The minimum absolute atomic E-state index is 0. The highest BCUT2D eigenvalue weighted by Crippen LogP contribution is 2.24. The van der Waals surface area contributed by atoms with Crippen molar-refractivity contribution in [2.75, 3.05) is 39.5 Å². The third kappa shape index (κ3) is 8.53. The zero-order valence-corrected chi connectivity index (χ0v) is 15.0. The van der Waals surface area contributed by atoms with Crippen molar-refractivity contribution < 1.29 is 32.5 Å². The van der Waals surface area contributed by atoms with Crippen molar-refractivity contribution in [3.63, 3.8) is 0 Å². The molecular formula is C17H29ClNO4-. The van der Waals surface area contributed by atoms with E-state index in [1.807, 2.05) is 24.3 Å². The van der Waals surface area contributed by atoms with Crippen LogP contribution in [0.2, 0.25) is 0 Å². The molecule has 0 aromatic heterocycles. The fourth-order valence-electron chi connectivity index (χ4n) is 2.17. The van der Waals surface area contributed by atoms with Crippen molar-refractivity contribution in [2.45, 2.75) is 32.3 Å². The van der Waals surface area contributed by atoms with E-state index in [0.717, 1.165) is 5.75 Å². The van der Waals surface area contributed by atoms with Gasteiger partial charge in [-0.1, -0.05) is 32.9 Å². The fourth-order valence-corrected chi connectivity index (χ4v) is 2.17. The normalized spacial score (nSPS) is 12.8. The molecule has 0 spiro atoms. The van der Waals surface area contributed by atoms with E-state index in [2.05, 4.69) is 20.8 Å². The molecule has 3 N–H and O–H groups in total. The summed E-state index contributed by atoms with van der Waals surface area (Å²) in [4.78, 5) is 1.80. The number of hydrogen-bond donors (Lipinski definition) is 3. The minimum atomic E-state index is -0.666. The molecule has 0 radical (unpaired) electrons. The summed E-state index contributed by atoms with van der Waals surface area (Å²) in [6.07, 6.45) is -0.666. The number of halogens is 1. The van der Waals surface area contributed by atoms with Gasteiger partial charge >= 0.3 is 0 Å². The second-order valence-corrected chi connectivity index (χ2v) is 6.49. The Morgan fingerprint density at radius 2 is 1.57 bits per heavy atom. The van der Waals surface area contributed by atoms with E-state index >= 15 is 0 Å². The van der Waals surface area contributed by atoms with Crippen LogP contribution in [0.1, 0.15) is 26.3 Å². The molecule has 0 saturated heterocycles. The lowest BCUT2D eigenvalue weighted by Crippen LogP contribution is -3.00. The molecule has 1 rings (SSSR count). The average molecular weight is 347 g/mol. The lowest BCUT2D eigenvalue weighted by Gasteiger charge is -2.23. The third-order valence-electron chi connectivity index (χ3n) is 3.46. The second-order valence-electron chi connectivity index (χ2n) is 6.49. The van der Waals surface area contributed by atoms with E-state index in [9.17, 15) is 5.11 Å². The van der Waals surface area contributed by atoms with E-state index in [1.165, 1.54) is 5.56 Å². The van der Waals surface area contributed by atoms with Crippen LogP contribution in [0, 0.1) is 0 Å². The molecule has 134 valence electrons. The highest BCUT2D eigenvalue weighted by molar-refractivity contribution is 5.31. The highest BCUT2D eigenvalue weighted by atomic mass is 35.5. The molecule has 0 amide bonds. The largest absolute Gasteiger partial charge is 1.00 e. The summed E-state index contributed by atoms with van der Waals surface area (Å²) < 4.78 is 5.59. The molecule has 0 saturated carbocycles. The van der Waals surface area contributed by atoms with Gasteiger partial charge in [0.25, 0.3) is 0 Å². The molecule has 0 aliphatic heterocycles. The van der Waals surface area contributed by atoms with Crippen LogP contribution in [0.25, 0.3) is 0 Å². The van der Waals surface area contributed by atoms with Gasteiger partial charge in [-0.15, -0.1) is 0 Å². The predicted molar refractivity (Wildman–Crippen MR) is 87.3 cm³/mol. The number of nitrogens with zero attached hydrogens (tertiary/aromatic N) is 1. The molecule has 5 nitrogen and oxygen atoms in total. The Balaban J connectivity index is 0.00000484. The van der Waals surface area contributed by atoms with E-state index in [0.29, 0.717) is 19.6 Å². The molecule has 0 aliphatic rings. The summed E-state index contributed by atoms with van der Waals surface area (Å²) in [7, 11) is 0. The van der Waals surface area contributed by atoms with Crippen molar-refractivity contribution in [1.82, 2.24) is 4.90 Å². The van der Waals surface area contributed by atoms with Crippen LogP contribution in [0.3, 0.4) is 0 Å². The molecule has 0 aliphatic carbocycles. The van der Waals surface area contributed by atoms with Gasteiger partial charge in [0.2, 0.25) is 0 Å². The Morgan fingerprint density at radius 3 is 2.00 bits per heavy atom. The first-order valence-electron chi connectivity index (χ1n) is 7.72. The lowest BCUT2D eigenvalue weighted by atomic mass is 9.87. The topological polar surface area (TPSA) is 73.2 Å². The van der Waals surface area contributed by atoms with Crippen molar-refractivity contribution in [3.05, 3.63) is 29.8 Å². The van der Waals surface area contributed by atoms with Gasteiger partial charge in [0.15, 0.2) is 0 Å². The smallest absolute Gasteiger partial charge is 0.119 e. The highest BCUT2D eigenvalue weighted by Gasteiger charge is 2.14. The number of rotatable bonds is 9. The first-order valence-corrected chi connectivity index (χ1v) is 7.72. The summed E-state index contributed by atoms with van der Waals surface area (Å²) in [5.41, 5.74) is 1.34. The van der Waals surface area contributed by atoms with Gasteiger partial charge in [0.05, 0.1) is 13.2 Å². The van der Waals surface area contributed by atoms with Crippen molar-refractivity contribution in [2.24, 2.45) is 0 Å². The molecule has 0 heterocycles. The van der Waals surface area contributed by atoms with Crippen LogP contribution >= 0.6 is 0 Å². The molecule has 1 aromatic carbocycles. The Labute approximate surface area is 145 Å². The van der Waals surface area contributed by atoms with Gasteiger partial charge in [-0.2, -0.15) is 0 Å². The van der Waals surface area contributed by atoms with E-state index in [4.69, 9.17) is 14.9 Å². The quantitative estimate of drug-likeness (QED) is 0.483. The number of hydrogen-bond acceptors (Lipinski definition) is 5. The van der Waals surface area contributed by atoms with E-state index < -0.39 is 6.10 Å². The Kier molecular flexibility index (Phi) is 10.4. The molecule has 23 heavy (non-hydrogen) atoms. The van der Waals surface area contributed by atoms with Crippen LogP contribution in [-0.2, 0) is 5.41 Å². The van der Waals surface area contributed by atoms with Gasteiger partial charge in [-0.3, -0.25) is 4.90 Å². The van der Waals surface area contributed by atoms with Gasteiger partial charge in [0.1, 0.15) is 18.5 Å². The second kappa shape index (κ2) is 10.8. The zero-order valence-electron chi connectivity index (χ0n) is 14.2. The number of aliphatic hydroxyl groups excluding tert-OH is 3. The first-order chi connectivity index (χ1) is 10.4. The molecule has 1 unspecified atom stereocenters. The Bertz CT molecular complexity index is 414. The summed E-state index contributed by atoms with van der Waals surface area (Å²) in [5.74, 6) is 0.725. The maximum Gasteiger partial charge on any atom is 0.119 e. The molecule has 1 atom stereocenters. The summed E-state index contributed by atoms with van der Waals surface area (Å²) >= 11 is 0. The Hall–Kier alpha value is -0.850. The lowest BCUT2D eigenvalue weighted by molar-refractivity contribution is -0.0000118. The molecule has 6 heteroatoms. The van der Waals surface area contributed by atoms with Crippen LogP contribution < -0.4 is 17.1 Å². The predicted octanol–water partition coefficient (Wildman–Crippen LogP) is -1.99. The number of aliphatic hydroxyl groups is 3. The molecule has 0 bridgehead atoms. The first kappa shape index (κ1) is 22.1. The SMILES string of the molecule is CC(C)(C)c1ccc(OCC(O)CN(CCO)CCO)cc1.[Cl-]. The van der Waals surface area contributed by atoms with Crippen LogP contribution in [-0.4, -0.2) is 65.8 Å². The maximum absolute atomic E-state index is 9.99. The minimum Gasteiger partial charge on any atom is -1.00 e. The summed E-state index contributed by atoms with van der Waals surface area (Å²) in [6, 6.07) is 7.89. The number of benzene rings is 1. The van der Waals surface area contributed by atoms with Crippen LogP contribution in [0.15, 0.2) is 24.3 Å². The average Bonchev–Trinajstić information content (AvgIpc) is 2.45. The van der Waals surface area contributed by atoms with Gasteiger partial charge < -0.3 is 32.5 Å². The fraction of sp³-hybridized carbons (Fsp3) is 0.647.